The second kappa shape index (κ2) is 5.46. The number of rotatable bonds is 2. The Labute approximate surface area is 138 Å². The van der Waals surface area contributed by atoms with E-state index in [2.05, 4.69) is 59.9 Å². The molecule has 0 bridgehead atoms. The Hall–Kier alpha value is -0.123. The Morgan fingerprint density at radius 1 is 1.23 bits per heavy atom. The van der Waals surface area contributed by atoms with Crippen LogP contribution in [0.3, 0.4) is 0 Å². The molecule has 0 spiro atoms. The third kappa shape index (κ3) is 2.96. The van der Waals surface area contributed by atoms with Gasteiger partial charge in [-0.05, 0) is 50.2 Å². The van der Waals surface area contributed by atoms with E-state index in [1.165, 1.54) is 0 Å². The van der Waals surface area contributed by atoms with Crippen LogP contribution in [0.4, 0.5) is 0 Å². The van der Waals surface area contributed by atoms with Gasteiger partial charge in [0, 0.05) is 11.3 Å². The van der Waals surface area contributed by atoms with E-state index in [-0.39, 0.29) is 22.5 Å². The molecule has 0 radical (unpaired) electrons. The third-order valence-corrected chi connectivity index (χ3v) is 11.3. The molecule has 0 amide bonds. The van der Waals surface area contributed by atoms with Crippen LogP contribution in [0.1, 0.15) is 60.8 Å². The van der Waals surface area contributed by atoms with Crippen LogP contribution in [0.15, 0.2) is 12.2 Å². The minimum absolute atomic E-state index is 0.0471. The zero-order chi connectivity index (χ0) is 17.0. The molecule has 1 fully saturated rings. The standard InChI is InChI=1S/C19H36O2Si/c1-14-10-9-12-18(5)15(11-13-19(6,20)16(14)18)21-22(7,8)17(2,3)4/h9-10,14-16,20H,11-13H2,1-8H3/t14?,15-,16-,18+,19+/m0/s1. The summed E-state index contributed by atoms with van der Waals surface area (Å²) in [6, 6.07) is 0. The van der Waals surface area contributed by atoms with Crippen LogP contribution >= 0.6 is 0 Å². The predicted octanol–water partition coefficient (Wildman–Crippen LogP) is 5.14. The lowest BCUT2D eigenvalue weighted by Gasteiger charge is -2.58. The van der Waals surface area contributed by atoms with E-state index < -0.39 is 13.9 Å². The van der Waals surface area contributed by atoms with E-state index in [0.717, 1.165) is 19.3 Å². The van der Waals surface area contributed by atoms with E-state index in [9.17, 15) is 5.11 Å². The summed E-state index contributed by atoms with van der Waals surface area (Å²) in [5.74, 6) is 0.702. The van der Waals surface area contributed by atoms with Crippen molar-refractivity contribution in [3.8, 4) is 0 Å². The first-order chi connectivity index (χ1) is 9.81. The molecule has 2 aliphatic carbocycles. The highest BCUT2D eigenvalue weighted by Gasteiger charge is 2.57. The van der Waals surface area contributed by atoms with Crippen LogP contribution in [-0.4, -0.2) is 25.1 Å². The topological polar surface area (TPSA) is 29.5 Å². The number of fused-ring (bicyclic) bond motifs is 1. The highest BCUT2D eigenvalue weighted by atomic mass is 28.4. The number of aliphatic hydroxyl groups is 1. The molecule has 1 saturated carbocycles. The predicted molar refractivity (Wildman–Crippen MR) is 96.4 cm³/mol. The maximum absolute atomic E-state index is 11.0. The first-order valence-electron chi connectivity index (χ1n) is 8.88. The van der Waals surface area contributed by atoms with Gasteiger partial charge in [0.25, 0.3) is 0 Å². The van der Waals surface area contributed by atoms with Gasteiger partial charge in [-0.15, -0.1) is 0 Å². The van der Waals surface area contributed by atoms with Gasteiger partial charge in [-0.1, -0.05) is 46.8 Å². The monoisotopic (exact) mass is 324 g/mol. The molecule has 0 aliphatic heterocycles. The van der Waals surface area contributed by atoms with Crippen LogP contribution in [0.2, 0.25) is 18.1 Å². The van der Waals surface area contributed by atoms with Crippen molar-refractivity contribution in [2.45, 2.75) is 90.6 Å². The molecule has 0 aromatic rings. The molecule has 3 heteroatoms. The highest BCUT2D eigenvalue weighted by Crippen LogP contribution is 2.56. The maximum atomic E-state index is 11.0. The fraction of sp³-hybridized carbons (Fsp3) is 0.895. The van der Waals surface area contributed by atoms with E-state index in [1.807, 2.05) is 6.92 Å². The van der Waals surface area contributed by atoms with Crippen molar-refractivity contribution in [3.63, 3.8) is 0 Å². The molecule has 2 rings (SSSR count). The van der Waals surface area contributed by atoms with Crippen molar-refractivity contribution < 1.29 is 9.53 Å². The Bertz CT molecular complexity index is 447. The summed E-state index contributed by atoms with van der Waals surface area (Å²) in [5.41, 5.74) is -0.530. The maximum Gasteiger partial charge on any atom is 0.192 e. The molecule has 128 valence electrons. The lowest BCUT2D eigenvalue weighted by Crippen LogP contribution is -2.60. The van der Waals surface area contributed by atoms with Crippen molar-refractivity contribution >= 4 is 8.32 Å². The summed E-state index contributed by atoms with van der Waals surface area (Å²) in [7, 11) is -1.79. The van der Waals surface area contributed by atoms with Crippen LogP contribution in [-0.2, 0) is 4.43 Å². The average Bonchev–Trinajstić information content (AvgIpc) is 2.31. The molecular weight excluding hydrogens is 288 g/mol. The highest BCUT2D eigenvalue weighted by molar-refractivity contribution is 6.74. The van der Waals surface area contributed by atoms with Gasteiger partial charge in [0.2, 0.25) is 0 Å². The van der Waals surface area contributed by atoms with Crippen molar-refractivity contribution in [2.75, 3.05) is 0 Å². The molecule has 1 N–H and O–H groups in total. The summed E-state index contributed by atoms with van der Waals surface area (Å²) in [4.78, 5) is 0. The average molecular weight is 325 g/mol. The fourth-order valence-corrected chi connectivity index (χ4v) is 6.07. The van der Waals surface area contributed by atoms with Gasteiger partial charge in [-0.2, -0.15) is 0 Å². The summed E-state index contributed by atoms with van der Waals surface area (Å²) >= 11 is 0. The molecule has 5 atom stereocenters. The molecule has 0 saturated heterocycles. The van der Waals surface area contributed by atoms with Crippen LogP contribution < -0.4 is 0 Å². The Morgan fingerprint density at radius 2 is 1.82 bits per heavy atom. The number of allylic oxidation sites excluding steroid dienone is 2. The van der Waals surface area contributed by atoms with Gasteiger partial charge in [-0.3, -0.25) is 0 Å². The smallest absolute Gasteiger partial charge is 0.192 e. The largest absolute Gasteiger partial charge is 0.413 e. The molecule has 0 heterocycles. The van der Waals surface area contributed by atoms with Crippen molar-refractivity contribution in [2.24, 2.45) is 17.3 Å². The molecule has 1 unspecified atom stereocenters. The first kappa shape index (κ1) is 18.2. The Kier molecular flexibility index (Phi) is 4.52. The minimum atomic E-state index is -1.79. The molecular formula is C19H36O2Si. The summed E-state index contributed by atoms with van der Waals surface area (Å²) in [5, 5.41) is 11.2. The lowest BCUT2D eigenvalue weighted by atomic mass is 9.53. The van der Waals surface area contributed by atoms with Crippen LogP contribution in [0, 0.1) is 17.3 Å². The summed E-state index contributed by atoms with van der Waals surface area (Å²) in [6.07, 6.45) is 7.72. The zero-order valence-corrected chi connectivity index (χ0v) is 16.9. The van der Waals surface area contributed by atoms with Crippen molar-refractivity contribution in [1.82, 2.24) is 0 Å². The second-order valence-electron chi connectivity index (χ2n) is 9.74. The fourth-order valence-electron chi connectivity index (χ4n) is 4.62. The lowest BCUT2D eigenvalue weighted by molar-refractivity contribution is -0.160. The van der Waals surface area contributed by atoms with Crippen LogP contribution in [0.25, 0.3) is 0 Å². The van der Waals surface area contributed by atoms with Crippen molar-refractivity contribution in [1.29, 1.82) is 0 Å². The molecule has 22 heavy (non-hydrogen) atoms. The van der Waals surface area contributed by atoms with Gasteiger partial charge in [0.15, 0.2) is 8.32 Å². The molecule has 2 aliphatic rings. The van der Waals surface area contributed by atoms with E-state index in [1.54, 1.807) is 0 Å². The molecule has 0 aromatic heterocycles. The normalized spacial score (nSPS) is 43.0. The number of hydrogen-bond donors (Lipinski definition) is 1. The van der Waals surface area contributed by atoms with E-state index in [0.29, 0.717) is 5.92 Å². The Balaban J connectivity index is 2.33. The van der Waals surface area contributed by atoms with Gasteiger partial charge in [-0.25, -0.2) is 0 Å². The first-order valence-corrected chi connectivity index (χ1v) is 11.8. The van der Waals surface area contributed by atoms with Gasteiger partial charge < -0.3 is 9.53 Å². The molecule has 2 nitrogen and oxygen atoms in total. The van der Waals surface area contributed by atoms with Gasteiger partial charge in [0.05, 0.1) is 11.7 Å². The van der Waals surface area contributed by atoms with Crippen molar-refractivity contribution in [3.05, 3.63) is 12.2 Å². The third-order valence-electron chi connectivity index (χ3n) is 6.79. The summed E-state index contributed by atoms with van der Waals surface area (Å²) < 4.78 is 6.85. The van der Waals surface area contributed by atoms with Gasteiger partial charge >= 0.3 is 0 Å². The SMILES string of the molecule is CC1C=CC[C@]2(C)[C@@H](O[Si](C)(C)C(C)(C)C)CC[C@@](C)(O)[C@@H]12. The Morgan fingerprint density at radius 3 is 2.36 bits per heavy atom. The van der Waals surface area contributed by atoms with E-state index in [4.69, 9.17) is 4.43 Å². The zero-order valence-electron chi connectivity index (χ0n) is 15.9. The quantitative estimate of drug-likeness (QED) is 0.563. The van der Waals surface area contributed by atoms with Gasteiger partial charge in [0.1, 0.15) is 0 Å². The second-order valence-corrected chi connectivity index (χ2v) is 14.5. The minimum Gasteiger partial charge on any atom is -0.413 e. The summed E-state index contributed by atoms with van der Waals surface area (Å²) in [6.45, 7) is 18.3. The number of hydrogen-bond acceptors (Lipinski definition) is 2. The van der Waals surface area contributed by atoms with Crippen LogP contribution in [0.5, 0.6) is 0 Å². The molecule has 0 aromatic carbocycles. The van der Waals surface area contributed by atoms with E-state index >= 15 is 0 Å².